The Labute approximate surface area is 178 Å². The van der Waals surface area contributed by atoms with Gasteiger partial charge in [-0.1, -0.05) is 18.2 Å². The van der Waals surface area contributed by atoms with Crippen LogP contribution in [0.1, 0.15) is 29.8 Å². The predicted octanol–water partition coefficient (Wildman–Crippen LogP) is 3.13. The van der Waals surface area contributed by atoms with Gasteiger partial charge < -0.3 is 9.47 Å². The highest BCUT2D eigenvalue weighted by Gasteiger charge is 2.42. The molecule has 9 nitrogen and oxygen atoms in total. The number of hydrogen-bond acceptors (Lipinski definition) is 7. The van der Waals surface area contributed by atoms with Gasteiger partial charge in [-0.15, -0.1) is 0 Å². The van der Waals surface area contributed by atoms with E-state index in [2.05, 4.69) is 0 Å². The highest BCUT2D eigenvalue weighted by Crippen LogP contribution is 2.35. The zero-order valence-electron chi connectivity index (χ0n) is 16.9. The molecule has 0 saturated carbocycles. The average Bonchev–Trinajstić information content (AvgIpc) is 2.77. The van der Waals surface area contributed by atoms with Crippen LogP contribution in [0.25, 0.3) is 6.08 Å². The highest BCUT2D eigenvalue weighted by molar-refractivity contribution is 6.16. The summed E-state index contributed by atoms with van der Waals surface area (Å²) in [7, 11) is 0. The van der Waals surface area contributed by atoms with Gasteiger partial charge in [0.1, 0.15) is 0 Å². The minimum absolute atomic E-state index is 0.0331. The number of nitro benzene ring substituents is 1. The first-order valence-corrected chi connectivity index (χ1v) is 9.61. The molecule has 1 atom stereocenters. The van der Waals surface area contributed by atoms with Crippen molar-refractivity contribution in [1.82, 2.24) is 0 Å². The van der Waals surface area contributed by atoms with E-state index in [4.69, 9.17) is 9.47 Å². The number of amides is 1. The molecule has 0 spiro atoms. The number of nitro groups is 1. The first-order chi connectivity index (χ1) is 14.9. The van der Waals surface area contributed by atoms with E-state index in [1.807, 2.05) is 0 Å². The standard InChI is InChI=1S/C22H20N2O7/c1-3-30-21(26)17-13-15-7-5-6-8-18(15)23(19(17)22(27)31-4-2)20(25)14-9-11-16(12-10-14)24(28)29/h5-13,19H,3-4H2,1-2H3. The van der Waals surface area contributed by atoms with E-state index in [1.54, 1.807) is 38.1 Å². The van der Waals surface area contributed by atoms with Crippen molar-refractivity contribution in [3.05, 3.63) is 75.3 Å². The maximum Gasteiger partial charge on any atom is 0.336 e. The maximum absolute atomic E-state index is 13.5. The number of fused-ring (bicyclic) bond motifs is 1. The Bertz CT molecular complexity index is 1060. The highest BCUT2D eigenvalue weighted by atomic mass is 16.6. The smallest absolute Gasteiger partial charge is 0.336 e. The molecule has 1 unspecified atom stereocenters. The molecule has 0 aromatic heterocycles. The van der Waals surface area contributed by atoms with Gasteiger partial charge in [-0.25, -0.2) is 9.59 Å². The third-order valence-corrected chi connectivity index (χ3v) is 4.62. The zero-order valence-corrected chi connectivity index (χ0v) is 16.9. The normalized spacial score (nSPS) is 14.8. The molecule has 0 saturated heterocycles. The fourth-order valence-electron chi connectivity index (χ4n) is 3.28. The number of esters is 2. The van der Waals surface area contributed by atoms with E-state index < -0.39 is 28.8 Å². The van der Waals surface area contributed by atoms with Crippen LogP contribution in [0.4, 0.5) is 11.4 Å². The second kappa shape index (κ2) is 9.21. The number of carbonyl (C=O) groups is 3. The number of hydrogen-bond donors (Lipinski definition) is 0. The number of nitrogens with zero attached hydrogens (tertiary/aromatic N) is 2. The Hall–Kier alpha value is -4.01. The van der Waals surface area contributed by atoms with E-state index in [0.29, 0.717) is 11.3 Å². The molecule has 0 N–H and O–H groups in total. The predicted molar refractivity (Wildman–Crippen MR) is 111 cm³/mol. The van der Waals surface area contributed by atoms with Gasteiger partial charge in [-0.2, -0.15) is 0 Å². The lowest BCUT2D eigenvalue weighted by atomic mass is 9.94. The van der Waals surface area contributed by atoms with E-state index in [1.165, 1.54) is 35.2 Å². The molecule has 1 amide bonds. The molecule has 0 radical (unpaired) electrons. The molecule has 0 aliphatic carbocycles. The van der Waals surface area contributed by atoms with Gasteiger partial charge in [0.25, 0.3) is 11.6 Å². The van der Waals surface area contributed by atoms with Crippen molar-refractivity contribution in [2.24, 2.45) is 0 Å². The van der Waals surface area contributed by atoms with Crippen LogP contribution in [-0.2, 0) is 19.1 Å². The number of ether oxygens (including phenoxy) is 2. The molecule has 31 heavy (non-hydrogen) atoms. The number of rotatable bonds is 6. The Morgan fingerprint density at radius 1 is 1.00 bits per heavy atom. The lowest BCUT2D eigenvalue weighted by Crippen LogP contribution is -2.50. The summed E-state index contributed by atoms with van der Waals surface area (Å²) < 4.78 is 10.3. The van der Waals surface area contributed by atoms with Crippen molar-refractivity contribution >= 4 is 35.3 Å². The van der Waals surface area contributed by atoms with Crippen molar-refractivity contribution in [3.8, 4) is 0 Å². The fourth-order valence-corrected chi connectivity index (χ4v) is 3.28. The number of anilines is 1. The molecule has 0 fully saturated rings. The van der Waals surface area contributed by atoms with Crippen molar-refractivity contribution in [1.29, 1.82) is 0 Å². The van der Waals surface area contributed by atoms with Crippen molar-refractivity contribution in [2.75, 3.05) is 18.1 Å². The number of non-ortho nitro benzene ring substituents is 1. The van der Waals surface area contributed by atoms with Gasteiger partial charge in [-0.05, 0) is 43.7 Å². The fraction of sp³-hybridized carbons (Fsp3) is 0.227. The SMILES string of the molecule is CCOC(=O)C1=Cc2ccccc2N(C(=O)c2ccc([N+](=O)[O-])cc2)C1C(=O)OCC. The lowest BCUT2D eigenvalue weighted by molar-refractivity contribution is -0.384. The quantitative estimate of drug-likeness (QED) is 0.397. The molecule has 1 heterocycles. The summed E-state index contributed by atoms with van der Waals surface area (Å²) in [5.74, 6) is -2.14. The van der Waals surface area contributed by atoms with Gasteiger partial charge in [0.15, 0.2) is 6.04 Å². The van der Waals surface area contributed by atoms with Crippen LogP contribution in [0.2, 0.25) is 0 Å². The lowest BCUT2D eigenvalue weighted by Gasteiger charge is -2.35. The van der Waals surface area contributed by atoms with Crippen LogP contribution in [0, 0.1) is 10.1 Å². The Morgan fingerprint density at radius 2 is 1.65 bits per heavy atom. The van der Waals surface area contributed by atoms with Crippen LogP contribution in [0.5, 0.6) is 0 Å². The summed E-state index contributed by atoms with van der Waals surface area (Å²) in [6.45, 7) is 3.38. The van der Waals surface area contributed by atoms with E-state index in [9.17, 15) is 24.5 Å². The molecule has 0 bridgehead atoms. The van der Waals surface area contributed by atoms with Crippen molar-refractivity contribution in [3.63, 3.8) is 0 Å². The van der Waals surface area contributed by atoms with E-state index in [-0.39, 0.29) is 30.0 Å². The summed E-state index contributed by atoms with van der Waals surface area (Å²) in [5, 5.41) is 10.9. The Balaban J connectivity index is 2.14. The monoisotopic (exact) mass is 424 g/mol. The molecule has 160 valence electrons. The summed E-state index contributed by atoms with van der Waals surface area (Å²) in [6, 6.07) is 10.4. The van der Waals surface area contributed by atoms with Crippen molar-refractivity contribution < 1.29 is 28.8 Å². The maximum atomic E-state index is 13.5. The van der Waals surface area contributed by atoms with E-state index in [0.717, 1.165) is 0 Å². The minimum atomic E-state index is -1.36. The second-order valence-electron chi connectivity index (χ2n) is 6.51. The van der Waals surface area contributed by atoms with Crippen LogP contribution >= 0.6 is 0 Å². The van der Waals surface area contributed by atoms with Gasteiger partial charge in [0.2, 0.25) is 0 Å². The summed E-state index contributed by atoms with van der Waals surface area (Å²) in [5.41, 5.74) is 0.844. The average molecular weight is 424 g/mol. The van der Waals surface area contributed by atoms with Crippen LogP contribution in [0.15, 0.2) is 54.1 Å². The van der Waals surface area contributed by atoms with Gasteiger partial charge in [-0.3, -0.25) is 19.8 Å². The van der Waals surface area contributed by atoms with Gasteiger partial charge in [0, 0.05) is 17.7 Å². The molecule has 2 aromatic carbocycles. The van der Waals surface area contributed by atoms with Gasteiger partial charge in [0.05, 0.1) is 29.4 Å². The third-order valence-electron chi connectivity index (χ3n) is 4.62. The van der Waals surface area contributed by atoms with Gasteiger partial charge >= 0.3 is 11.9 Å². The minimum Gasteiger partial charge on any atom is -0.464 e. The molecule has 1 aliphatic rings. The Morgan fingerprint density at radius 3 is 2.26 bits per heavy atom. The first kappa shape index (κ1) is 21.7. The third kappa shape index (κ3) is 4.30. The molecular formula is C22H20N2O7. The number of para-hydroxylation sites is 1. The zero-order chi connectivity index (χ0) is 22.5. The largest absolute Gasteiger partial charge is 0.464 e. The Kier molecular flexibility index (Phi) is 6.44. The number of carbonyl (C=O) groups excluding carboxylic acids is 3. The molecule has 1 aliphatic heterocycles. The summed E-state index contributed by atoms with van der Waals surface area (Å²) >= 11 is 0. The topological polar surface area (TPSA) is 116 Å². The summed E-state index contributed by atoms with van der Waals surface area (Å²) in [6.07, 6.45) is 1.51. The first-order valence-electron chi connectivity index (χ1n) is 9.61. The molecule has 3 rings (SSSR count). The van der Waals surface area contributed by atoms with E-state index >= 15 is 0 Å². The molecular weight excluding hydrogens is 404 g/mol. The van der Waals surface area contributed by atoms with Crippen LogP contribution in [-0.4, -0.2) is 42.0 Å². The second-order valence-corrected chi connectivity index (χ2v) is 6.51. The van der Waals surface area contributed by atoms with Crippen molar-refractivity contribution in [2.45, 2.75) is 19.9 Å². The summed E-state index contributed by atoms with van der Waals surface area (Å²) in [4.78, 5) is 50.5. The van der Waals surface area contributed by atoms with Crippen LogP contribution in [0.3, 0.4) is 0 Å². The molecule has 2 aromatic rings. The number of benzene rings is 2. The molecule has 9 heteroatoms. The van der Waals surface area contributed by atoms with Crippen LogP contribution < -0.4 is 4.90 Å².